The van der Waals surface area contributed by atoms with Crippen molar-refractivity contribution < 1.29 is 14.3 Å². The fourth-order valence-corrected chi connectivity index (χ4v) is 3.40. The number of aromatic nitrogens is 2. The lowest BCUT2D eigenvalue weighted by molar-refractivity contribution is -0.122. The van der Waals surface area contributed by atoms with E-state index in [2.05, 4.69) is 10.3 Å². The minimum Gasteiger partial charge on any atom is -0.486 e. The van der Waals surface area contributed by atoms with Gasteiger partial charge in [0.05, 0.1) is 17.4 Å². The van der Waals surface area contributed by atoms with Gasteiger partial charge in [-0.15, -0.1) is 0 Å². The predicted octanol–water partition coefficient (Wildman–Crippen LogP) is 2.26. The van der Waals surface area contributed by atoms with Crippen LogP contribution in [0.5, 0.6) is 11.5 Å². The summed E-state index contributed by atoms with van der Waals surface area (Å²) in [5, 5.41) is 3.14. The fraction of sp³-hybridized carbons (Fsp3) is 0.529. The highest BCUT2D eigenvalue weighted by Crippen LogP contribution is 2.34. The van der Waals surface area contributed by atoms with Crippen LogP contribution < -0.4 is 14.8 Å². The van der Waals surface area contributed by atoms with Gasteiger partial charge in [-0.05, 0) is 12.8 Å². The smallest absolute Gasteiger partial charge is 0.240 e. The summed E-state index contributed by atoms with van der Waals surface area (Å²) in [6, 6.07) is 4.11. The van der Waals surface area contributed by atoms with Gasteiger partial charge in [0.2, 0.25) is 5.91 Å². The molecule has 0 spiro atoms. The number of nitrogens with one attached hydrogen (secondary N) is 1. The number of carbonyl (C=O) groups excluding carboxylic acids is 1. The molecule has 1 aliphatic carbocycles. The Bertz CT molecular complexity index is 719. The molecule has 1 aromatic carbocycles. The van der Waals surface area contributed by atoms with E-state index in [1.54, 1.807) is 6.33 Å². The van der Waals surface area contributed by atoms with Crippen LogP contribution in [0.1, 0.15) is 32.1 Å². The molecule has 1 saturated carbocycles. The van der Waals surface area contributed by atoms with Crippen molar-refractivity contribution in [3.8, 4) is 11.5 Å². The van der Waals surface area contributed by atoms with E-state index in [9.17, 15) is 4.79 Å². The van der Waals surface area contributed by atoms with Gasteiger partial charge < -0.3 is 19.4 Å². The number of carbonyl (C=O) groups is 1. The third-order valence-electron chi connectivity index (χ3n) is 4.57. The van der Waals surface area contributed by atoms with Gasteiger partial charge in [0.15, 0.2) is 11.5 Å². The molecule has 2 aliphatic rings. The number of hydrogen-bond acceptors (Lipinski definition) is 4. The van der Waals surface area contributed by atoms with Gasteiger partial charge in [-0.1, -0.05) is 19.3 Å². The summed E-state index contributed by atoms with van der Waals surface area (Å²) in [6.07, 6.45) is 7.59. The molecule has 6 heteroatoms. The third kappa shape index (κ3) is 2.98. The van der Waals surface area contributed by atoms with Gasteiger partial charge in [-0.3, -0.25) is 4.79 Å². The zero-order chi connectivity index (χ0) is 15.6. The maximum atomic E-state index is 12.3. The molecule has 1 aromatic heterocycles. The average Bonchev–Trinajstić information content (AvgIpc) is 2.95. The minimum atomic E-state index is 0.0473. The Morgan fingerprint density at radius 3 is 2.70 bits per heavy atom. The van der Waals surface area contributed by atoms with Crippen LogP contribution in [-0.4, -0.2) is 34.7 Å². The highest BCUT2D eigenvalue weighted by molar-refractivity contribution is 5.83. The predicted molar refractivity (Wildman–Crippen MR) is 85.7 cm³/mol. The first kappa shape index (κ1) is 14.4. The zero-order valence-electron chi connectivity index (χ0n) is 13.1. The summed E-state index contributed by atoms with van der Waals surface area (Å²) in [5.74, 6) is 1.49. The van der Waals surface area contributed by atoms with E-state index in [4.69, 9.17) is 9.47 Å². The van der Waals surface area contributed by atoms with Crippen molar-refractivity contribution in [2.75, 3.05) is 13.2 Å². The van der Waals surface area contributed by atoms with E-state index < -0.39 is 0 Å². The summed E-state index contributed by atoms with van der Waals surface area (Å²) in [4.78, 5) is 16.7. The highest BCUT2D eigenvalue weighted by Gasteiger charge is 2.18. The number of amides is 1. The summed E-state index contributed by atoms with van der Waals surface area (Å²) in [7, 11) is 0. The summed E-state index contributed by atoms with van der Waals surface area (Å²) in [6.45, 7) is 1.39. The van der Waals surface area contributed by atoms with Crippen LogP contribution in [0.2, 0.25) is 0 Å². The molecule has 0 bridgehead atoms. The Kier molecular flexibility index (Phi) is 3.81. The van der Waals surface area contributed by atoms with Crippen molar-refractivity contribution >= 4 is 16.9 Å². The first-order chi connectivity index (χ1) is 11.3. The zero-order valence-corrected chi connectivity index (χ0v) is 13.1. The lowest BCUT2D eigenvalue weighted by atomic mass is 9.95. The molecule has 2 aromatic rings. The molecule has 23 heavy (non-hydrogen) atoms. The molecule has 1 fully saturated rings. The second-order valence-corrected chi connectivity index (χ2v) is 6.26. The van der Waals surface area contributed by atoms with Crippen LogP contribution in [0.15, 0.2) is 18.5 Å². The molecule has 0 radical (unpaired) electrons. The molecule has 0 saturated heterocycles. The van der Waals surface area contributed by atoms with Crippen LogP contribution in [0.25, 0.3) is 11.0 Å². The summed E-state index contributed by atoms with van der Waals surface area (Å²) >= 11 is 0. The van der Waals surface area contributed by atoms with Crippen LogP contribution >= 0.6 is 0 Å². The summed E-state index contributed by atoms with van der Waals surface area (Å²) < 4.78 is 13.1. The first-order valence-electron chi connectivity index (χ1n) is 8.33. The number of fused-ring (bicyclic) bond motifs is 2. The maximum absolute atomic E-state index is 12.3. The highest BCUT2D eigenvalue weighted by atomic mass is 16.6. The molecule has 122 valence electrons. The monoisotopic (exact) mass is 315 g/mol. The molecule has 4 rings (SSSR count). The number of ether oxygens (including phenoxy) is 2. The van der Waals surface area contributed by atoms with E-state index in [-0.39, 0.29) is 12.5 Å². The number of nitrogens with zero attached hydrogens (tertiary/aromatic N) is 2. The molecule has 1 amide bonds. The largest absolute Gasteiger partial charge is 0.486 e. The summed E-state index contributed by atoms with van der Waals surface area (Å²) in [5.41, 5.74) is 1.72. The standard InChI is InChI=1S/C17H21N3O3/c21-17(19-12-4-2-1-3-5-12)10-20-11-18-13-8-15-16(9-14(13)20)23-7-6-22-15/h8-9,11-12H,1-7,10H2,(H,19,21). The lowest BCUT2D eigenvalue weighted by Crippen LogP contribution is -2.38. The quantitative estimate of drug-likeness (QED) is 0.943. The van der Waals surface area contributed by atoms with Crippen molar-refractivity contribution in [2.45, 2.75) is 44.7 Å². The van der Waals surface area contributed by atoms with Gasteiger partial charge in [-0.25, -0.2) is 4.98 Å². The van der Waals surface area contributed by atoms with Gasteiger partial charge in [0.25, 0.3) is 0 Å². The molecule has 1 N–H and O–H groups in total. The first-order valence-corrected chi connectivity index (χ1v) is 8.33. The third-order valence-corrected chi connectivity index (χ3v) is 4.57. The van der Waals surface area contributed by atoms with Crippen LogP contribution in [0.4, 0.5) is 0 Å². The van der Waals surface area contributed by atoms with Crippen molar-refractivity contribution in [2.24, 2.45) is 0 Å². The van der Waals surface area contributed by atoms with Crippen LogP contribution in [0, 0.1) is 0 Å². The Morgan fingerprint density at radius 2 is 1.91 bits per heavy atom. The van der Waals surface area contributed by atoms with E-state index >= 15 is 0 Å². The fourth-order valence-electron chi connectivity index (χ4n) is 3.40. The number of imidazole rings is 1. The van der Waals surface area contributed by atoms with Crippen molar-refractivity contribution in [3.05, 3.63) is 18.5 Å². The average molecular weight is 315 g/mol. The number of rotatable bonds is 3. The maximum Gasteiger partial charge on any atom is 0.240 e. The van der Waals surface area contributed by atoms with Crippen molar-refractivity contribution in [1.29, 1.82) is 0 Å². The molecule has 1 aliphatic heterocycles. The Balaban J connectivity index is 1.51. The second kappa shape index (κ2) is 6.10. The lowest BCUT2D eigenvalue weighted by Gasteiger charge is -2.23. The molecule has 2 heterocycles. The Morgan fingerprint density at radius 1 is 1.17 bits per heavy atom. The van der Waals surface area contributed by atoms with Crippen molar-refractivity contribution in [3.63, 3.8) is 0 Å². The Hall–Kier alpha value is -2.24. The second-order valence-electron chi connectivity index (χ2n) is 6.26. The van der Waals surface area contributed by atoms with Crippen molar-refractivity contribution in [1.82, 2.24) is 14.9 Å². The molecular weight excluding hydrogens is 294 g/mol. The van der Waals surface area contributed by atoms with E-state index in [1.165, 1.54) is 19.3 Å². The molecule has 0 atom stereocenters. The van der Waals surface area contributed by atoms with Crippen LogP contribution in [0.3, 0.4) is 0 Å². The molecular formula is C17H21N3O3. The van der Waals surface area contributed by atoms with E-state index in [0.29, 0.717) is 19.3 Å². The van der Waals surface area contributed by atoms with Gasteiger partial charge >= 0.3 is 0 Å². The Labute approximate surface area is 134 Å². The SMILES string of the molecule is O=C(Cn1cnc2cc3c(cc21)OCCO3)NC1CCCCC1. The molecule has 6 nitrogen and oxygen atoms in total. The van der Waals surface area contributed by atoms with E-state index in [0.717, 1.165) is 35.4 Å². The minimum absolute atomic E-state index is 0.0473. The normalized spacial score (nSPS) is 18.1. The van der Waals surface area contributed by atoms with Gasteiger partial charge in [0.1, 0.15) is 19.8 Å². The van der Waals surface area contributed by atoms with Crippen LogP contribution in [-0.2, 0) is 11.3 Å². The van der Waals surface area contributed by atoms with Gasteiger partial charge in [-0.2, -0.15) is 0 Å². The van der Waals surface area contributed by atoms with E-state index in [1.807, 2.05) is 16.7 Å². The molecule has 0 unspecified atom stereocenters. The number of benzene rings is 1. The number of hydrogen-bond donors (Lipinski definition) is 1. The topological polar surface area (TPSA) is 65.4 Å². The van der Waals surface area contributed by atoms with Gasteiger partial charge in [0, 0.05) is 18.2 Å².